The number of esters is 2. The van der Waals surface area contributed by atoms with Crippen LogP contribution in [0.1, 0.15) is 19.3 Å². The van der Waals surface area contributed by atoms with Crippen LogP contribution in [0.15, 0.2) is 0 Å². The molecule has 5 nitrogen and oxygen atoms in total. The molecule has 0 atom stereocenters. The molecule has 0 aromatic heterocycles. The minimum atomic E-state index is -1.56. The second kappa shape index (κ2) is 8.24. The molecule has 17 heavy (non-hydrogen) atoms. The van der Waals surface area contributed by atoms with E-state index in [1.807, 2.05) is 0 Å². The van der Waals surface area contributed by atoms with Crippen LogP contribution in [-0.4, -0.2) is 41.1 Å². The lowest BCUT2D eigenvalue weighted by Gasteiger charge is -2.19. The van der Waals surface area contributed by atoms with Gasteiger partial charge in [-0.15, -0.1) is 0 Å². The monoisotopic (exact) mass is 262 g/mol. The standard InChI is InChI=1S/C11H22O5Si/c1-14-10(12)6-7-11(13)16-8-5-9-17(3,4)15-2/h5-9H2,1-4H3. The first kappa shape index (κ1) is 16.1. The summed E-state index contributed by atoms with van der Waals surface area (Å²) in [5.41, 5.74) is 0. The molecule has 0 rings (SSSR count). The average molecular weight is 262 g/mol. The molecule has 0 unspecified atom stereocenters. The summed E-state index contributed by atoms with van der Waals surface area (Å²) in [7, 11) is 1.46. The minimum Gasteiger partial charge on any atom is -0.469 e. The zero-order valence-electron chi connectivity index (χ0n) is 11.1. The van der Waals surface area contributed by atoms with Crippen LogP contribution in [0.5, 0.6) is 0 Å². The summed E-state index contributed by atoms with van der Waals surface area (Å²) in [4.78, 5) is 22.0. The summed E-state index contributed by atoms with van der Waals surface area (Å²) < 4.78 is 14.8. The van der Waals surface area contributed by atoms with Crippen LogP contribution in [0.3, 0.4) is 0 Å². The van der Waals surface area contributed by atoms with Crippen LogP contribution >= 0.6 is 0 Å². The molecule has 0 radical (unpaired) electrons. The van der Waals surface area contributed by atoms with E-state index in [0.29, 0.717) is 6.61 Å². The van der Waals surface area contributed by atoms with Crippen molar-refractivity contribution in [1.29, 1.82) is 0 Å². The van der Waals surface area contributed by atoms with Gasteiger partial charge in [-0.3, -0.25) is 9.59 Å². The smallest absolute Gasteiger partial charge is 0.306 e. The molecule has 100 valence electrons. The normalized spacial score (nSPS) is 11.1. The summed E-state index contributed by atoms with van der Waals surface area (Å²) in [5, 5.41) is 0. The Morgan fingerprint density at radius 3 is 2.18 bits per heavy atom. The van der Waals surface area contributed by atoms with Crippen molar-refractivity contribution >= 4 is 20.3 Å². The number of hydrogen-bond donors (Lipinski definition) is 0. The summed E-state index contributed by atoms with van der Waals surface area (Å²) in [6, 6.07) is 0.952. The maximum absolute atomic E-state index is 11.2. The Kier molecular flexibility index (Phi) is 7.82. The molecule has 0 aromatic carbocycles. The average Bonchev–Trinajstić information content (AvgIpc) is 2.31. The van der Waals surface area contributed by atoms with Crippen LogP contribution in [0, 0.1) is 0 Å². The van der Waals surface area contributed by atoms with Crippen molar-refractivity contribution in [1.82, 2.24) is 0 Å². The van der Waals surface area contributed by atoms with Gasteiger partial charge < -0.3 is 13.9 Å². The predicted molar refractivity (Wildman–Crippen MR) is 66.1 cm³/mol. The molecule has 0 N–H and O–H groups in total. The Balaban J connectivity index is 3.55. The molecular formula is C11H22O5Si. The Hall–Kier alpha value is -0.883. The summed E-state index contributed by atoms with van der Waals surface area (Å²) in [6.45, 7) is 4.62. The quantitative estimate of drug-likeness (QED) is 0.379. The molecule has 0 aliphatic heterocycles. The SMILES string of the molecule is COC(=O)CCC(=O)OCCC[Si](C)(C)OC. The van der Waals surface area contributed by atoms with E-state index in [2.05, 4.69) is 17.8 Å². The Bertz CT molecular complexity index is 252. The number of ether oxygens (including phenoxy) is 2. The van der Waals surface area contributed by atoms with Gasteiger partial charge in [0.1, 0.15) is 0 Å². The number of carbonyl (C=O) groups is 2. The van der Waals surface area contributed by atoms with E-state index >= 15 is 0 Å². The van der Waals surface area contributed by atoms with Gasteiger partial charge in [-0.2, -0.15) is 0 Å². The lowest BCUT2D eigenvalue weighted by Crippen LogP contribution is -2.28. The molecule has 0 aromatic rings. The third-order valence-electron chi connectivity index (χ3n) is 2.50. The second-order valence-electron chi connectivity index (χ2n) is 4.36. The lowest BCUT2D eigenvalue weighted by atomic mass is 10.3. The molecule has 0 saturated heterocycles. The Labute approximate surface area is 104 Å². The van der Waals surface area contributed by atoms with E-state index < -0.39 is 14.3 Å². The Morgan fingerprint density at radius 2 is 1.65 bits per heavy atom. The summed E-state index contributed by atoms with van der Waals surface area (Å²) in [5.74, 6) is -0.748. The van der Waals surface area contributed by atoms with E-state index in [9.17, 15) is 9.59 Å². The lowest BCUT2D eigenvalue weighted by molar-refractivity contribution is -0.148. The second-order valence-corrected chi connectivity index (χ2v) is 8.79. The van der Waals surface area contributed by atoms with E-state index in [1.165, 1.54) is 7.11 Å². The van der Waals surface area contributed by atoms with Gasteiger partial charge >= 0.3 is 11.9 Å². The molecule has 0 heterocycles. The molecule has 6 heteroatoms. The largest absolute Gasteiger partial charge is 0.469 e. The summed E-state index contributed by atoms with van der Waals surface area (Å²) >= 11 is 0. The van der Waals surface area contributed by atoms with Crippen LogP contribution in [0.2, 0.25) is 19.1 Å². The van der Waals surface area contributed by atoms with E-state index in [1.54, 1.807) is 7.11 Å². The molecule has 0 saturated carbocycles. The third kappa shape index (κ3) is 8.88. The number of methoxy groups -OCH3 is 1. The predicted octanol–water partition coefficient (Wildman–Crippen LogP) is 1.72. The molecule has 0 amide bonds. The van der Waals surface area contributed by atoms with Gasteiger partial charge in [0.25, 0.3) is 0 Å². The molecule has 0 spiro atoms. The first-order chi connectivity index (χ1) is 7.91. The fourth-order valence-electron chi connectivity index (χ4n) is 1.16. The van der Waals surface area contributed by atoms with Crippen molar-refractivity contribution in [2.24, 2.45) is 0 Å². The van der Waals surface area contributed by atoms with Gasteiger partial charge in [-0.1, -0.05) is 0 Å². The van der Waals surface area contributed by atoms with Crippen molar-refractivity contribution in [3.63, 3.8) is 0 Å². The highest BCUT2D eigenvalue weighted by atomic mass is 28.4. The zero-order chi connectivity index (χ0) is 13.3. The minimum absolute atomic E-state index is 0.0770. The van der Waals surface area contributed by atoms with Gasteiger partial charge in [0.2, 0.25) is 0 Å². The highest BCUT2D eigenvalue weighted by Crippen LogP contribution is 2.12. The zero-order valence-corrected chi connectivity index (χ0v) is 12.1. The van der Waals surface area contributed by atoms with Crippen LogP contribution in [0.25, 0.3) is 0 Å². The number of carbonyl (C=O) groups excluding carboxylic acids is 2. The first-order valence-corrected chi connectivity index (χ1v) is 8.80. The fourth-order valence-corrected chi connectivity index (χ4v) is 2.36. The maximum Gasteiger partial charge on any atom is 0.306 e. The molecule has 0 aliphatic rings. The first-order valence-electron chi connectivity index (χ1n) is 5.69. The van der Waals surface area contributed by atoms with E-state index in [-0.39, 0.29) is 18.8 Å². The van der Waals surface area contributed by atoms with E-state index in [4.69, 9.17) is 9.16 Å². The van der Waals surface area contributed by atoms with Crippen molar-refractivity contribution < 1.29 is 23.5 Å². The van der Waals surface area contributed by atoms with Crippen molar-refractivity contribution in [2.45, 2.75) is 38.4 Å². The van der Waals surface area contributed by atoms with Crippen LogP contribution in [0.4, 0.5) is 0 Å². The van der Waals surface area contributed by atoms with Crippen molar-refractivity contribution in [2.75, 3.05) is 20.8 Å². The van der Waals surface area contributed by atoms with Crippen molar-refractivity contribution in [3.8, 4) is 0 Å². The van der Waals surface area contributed by atoms with Crippen molar-refractivity contribution in [3.05, 3.63) is 0 Å². The van der Waals surface area contributed by atoms with Gasteiger partial charge in [0, 0.05) is 7.11 Å². The fraction of sp³-hybridized carbons (Fsp3) is 0.818. The molecular weight excluding hydrogens is 240 g/mol. The number of hydrogen-bond acceptors (Lipinski definition) is 5. The molecule has 0 aliphatic carbocycles. The third-order valence-corrected chi connectivity index (χ3v) is 5.16. The Morgan fingerprint density at radius 1 is 1.06 bits per heavy atom. The van der Waals surface area contributed by atoms with Gasteiger partial charge in [-0.05, 0) is 25.6 Å². The topological polar surface area (TPSA) is 61.8 Å². The van der Waals surface area contributed by atoms with E-state index in [0.717, 1.165) is 12.5 Å². The summed E-state index contributed by atoms with van der Waals surface area (Å²) in [6.07, 6.45) is 0.961. The highest BCUT2D eigenvalue weighted by Gasteiger charge is 2.19. The molecule has 0 bridgehead atoms. The molecule has 0 fully saturated rings. The maximum atomic E-state index is 11.2. The van der Waals surface area contributed by atoms with Gasteiger partial charge in [0.15, 0.2) is 8.32 Å². The van der Waals surface area contributed by atoms with Crippen LogP contribution in [-0.2, 0) is 23.5 Å². The van der Waals surface area contributed by atoms with Gasteiger partial charge in [-0.25, -0.2) is 0 Å². The van der Waals surface area contributed by atoms with Crippen LogP contribution < -0.4 is 0 Å². The highest BCUT2D eigenvalue weighted by molar-refractivity contribution is 6.71. The number of rotatable bonds is 8. The van der Waals surface area contributed by atoms with Gasteiger partial charge in [0.05, 0.1) is 26.6 Å².